The minimum Gasteiger partial charge on any atom is -0.356 e. The second-order valence-corrected chi connectivity index (χ2v) is 6.10. The molecule has 0 spiro atoms. The average molecular weight is 259 g/mol. The van der Waals surface area contributed by atoms with Crippen LogP contribution in [0.3, 0.4) is 0 Å². The van der Waals surface area contributed by atoms with Crippen molar-refractivity contribution >= 4 is 5.82 Å². The van der Waals surface area contributed by atoms with Gasteiger partial charge >= 0.3 is 0 Å². The first-order valence-corrected chi connectivity index (χ1v) is 7.73. The van der Waals surface area contributed by atoms with E-state index in [9.17, 15) is 0 Å². The highest BCUT2D eigenvalue weighted by Gasteiger charge is 2.31. The zero-order chi connectivity index (χ0) is 13.2. The van der Waals surface area contributed by atoms with Gasteiger partial charge in [-0.1, -0.05) is 6.07 Å². The topological polar surface area (TPSA) is 19.4 Å². The molecule has 2 fully saturated rings. The quantitative estimate of drug-likeness (QED) is 0.831. The molecule has 0 bridgehead atoms. The number of likely N-dealkylation sites (tertiary alicyclic amines) is 1. The van der Waals surface area contributed by atoms with Gasteiger partial charge in [-0.3, -0.25) is 4.90 Å². The summed E-state index contributed by atoms with van der Waals surface area (Å²) in [4.78, 5) is 9.81. The first-order chi connectivity index (χ1) is 9.27. The Bertz CT molecular complexity index is 424. The SMILES string of the molecule is CC(C)N1CCC[C@@H]1c1cccnc1N1CCCC1. The van der Waals surface area contributed by atoms with Crippen molar-refractivity contribution in [3.05, 3.63) is 23.9 Å². The molecule has 0 amide bonds. The van der Waals surface area contributed by atoms with E-state index in [-0.39, 0.29) is 0 Å². The molecule has 0 saturated carbocycles. The Morgan fingerprint density at radius 1 is 1.16 bits per heavy atom. The van der Waals surface area contributed by atoms with Crippen LogP contribution in [-0.4, -0.2) is 35.6 Å². The third-order valence-electron chi connectivity index (χ3n) is 4.54. The lowest BCUT2D eigenvalue weighted by atomic mass is 10.0. The van der Waals surface area contributed by atoms with Gasteiger partial charge in [0.2, 0.25) is 0 Å². The molecule has 3 heteroatoms. The third kappa shape index (κ3) is 2.48. The summed E-state index contributed by atoms with van der Waals surface area (Å²) in [5.74, 6) is 1.25. The first kappa shape index (κ1) is 12.9. The lowest BCUT2D eigenvalue weighted by Gasteiger charge is -2.31. The lowest BCUT2D eigenvalue weighted by molar-refractivity contribution is 0.205. The molecule has 0 unspecified atom stereocenters. The van der Waals surface area contributed by atoms with Gasteiger partial charge in [0.25, 0.3) is 0 Å². The number of nitrogens with zero attached hydrogens (tertiary/aromatic N) is 3. The van der Waals surface area contributed by atoms with Crippen molar-refractivity contribution in [2.75, 3.05) is 24.5 Å². The Balaban J connectivity index is 1.91. The van der Waals surface area contributed by atoms with Crippen LogP contribution in [0.25, 0.3) is 0 Å². The summed E-state index contributed by atoms with van der Waals surface area (Å²) in [5, 5.41) is 0. The molecule has 19 heavy (non-hydrogen) atoms. The van der Waals surface area contributed by atoms with Crippen LogP contribution in [0.2, 0.25) is 0 Å². The molecule has 3 heterocycles. The zero-order valence-electron chi connectivity index (χ0n) is 12.2. The Morgan fingerprint density at radius 3 is 2.68 bits per heavy atom. The Hall–Kier alpha value is -1.09. The van der Waals surface area contributed by atoms with Crippen LogP contribution < -0.4 is 4.90 Å². The largest absolute Gasteiger partial charge is 0.356 e. The Kier molecular flexibility index (Phi) is 3.74. The number of aromatic nitrogens is 1. The highest BCUT2D eigenvalue weighted by Crippen LogP contribution is 2.38. The van der Waals surface area contributed by atoms with E-state index in [0.717, 1.165) is 0 Å². The van der Waals surface area contributed by atoms with E-state index in [2.05, 4.69) is 35.8 Å². The number of rotatable bonds is 3. The first-order valence-electron chi connectivity index (χ1n) is 7.73. The lowest BCUT2D eigenvalue weighted by Crippen LogP contribution is -2.31. The standard InChI is InChI=1S/C16H25N3/c1-13(2)19-12-6-8-15(19)14-7-5-9-17-16(14)18-10-3-4-11-18/h5,7,9,13,15H,3-4,6,8,10-12H2,1-2H3/t15-/m1/s1. The molecule has 2 aliphatic rings. The van der Waals surface area contributed by atoms with Crippen molar-refractivity contribution in [1.82, 2.24) is 9.88 Å². The van der Waals surface area contributed by atoms with E-state index in [1.54, 1.807) is 0 Å². The maximum atomic E-state index is 4.70. The Morgan fingerprint density at radius 2 is 1.95 bits per heavy atom. The van der Waals surface area contributed by atoms with E-state index in [4.69, 9.17) is 4.98 Å². The summed E-state index contributed by atoms with van der Waals surface area (Å²) < 4.78 is 0. The number of hydrogen-bond donors (Lipinski definition) is 0. The molecule has 2 aliphatic heterocycles. The van der Waals surface area contributed by atoms with Crippen molar-refractivity contribution in [1.29, 1.82) is 0 Å². The summed E-state index contributed by atoms with van der Waals surface area (Å²) in [7, 11) is 0. The van der Waals surface area contributed by atoms with Crippen molar-refractivity contribution in [2.24, 2.45) is 0 Å². The Labute approximate surface area is 116 Å². The molecule has 3 rings (SSSR count). The van der Waals surface area contributed by atoms with Crippen LogP contribution in [0.15, 0.2) is 18.3 Å². The molecule has 3 nitrogen and oxygen atoms in total. The third-order valence-corrected chi connectivity index (χ3v) is 4.54. The van der Waals surface area contributed by atoms with Gasteiger partial charge in [-0.15, -0.1) is 0 Å². The van der Waals surface area contributed by atoms with Gasteiger partial charge in [0.05, 0.1) is 0 Å². The molecule has 0 aliphatic carbocycles. The van der Waals surface area contributed by atoms with Crippen LogP contribution in [0.4, 0.5) is 5.82 Å². The van der Waals surface area contributed by atoms with Crippen molar-refractivity contribution in [2.45, 2.75) is 51.6 Å². The number of hydrogen-bond acceptors (Lipinski definition) is 3. The number of pyridine rings is 1. The fraction of sp³-hybridized carbons (Fsp3) is 0.688. The molecule has 2 saturated heterocycles. The normalized spacial score (nSPS) is 24.6. The van der Waals surface area contributed by atoms with Crippen LogP contribution in [0.1, 0.15) is 51.1 Å². The van der Waals surface area contributed by atoms with E-state index < -0.39 is 0 Å². The molecule has 104 valence electrons. The summed E-state index contributed by atoms with van der Waals surface area (Å²) in [5.41, 5.74) is 1.45. The van der Waals surface area contributed by atoms with Crippen molar-refractivity contribution < 1.29 is 0 Å². The minimum atomic E-state index is 0.573. The smallest absolute Gasteiger partial charge is 0.133 e. The van der Waals surface area contributed by atoms with Gasteiger partial charge in [-0.2, -0.15) is 0 Å². The van der Waals surface area contributed by atoms with Crippen molar-refractivity contribution in [3.63, 3.8) is 0 Å². The van der Waals surface area contributed by atoms with Gasteiger partial charge in [-0.05, 0) is 52.1 Å². The second-order valence-electron chi connectivity index (χ2n) is 6.10. The van der Waals surface area contributed by atoms with Gasteiger partial charge in [-0.25, -0.2) is 4.98 Å². The fourth-order valence-corrected chi connectivity index (χ4v) is 3.60. The van der Waals surface area contributed by atoms with Crippen LogP contribution in [0, 0.1) is 0 Å². The molecule has 1 aromatic rings. The molecule has 0 radical (unpaired) electrons. The van der Waals surface area contributed by atoms with Crippen LogP contribution in [-0.2, 0) is 0 Å². The van der Waals surface area contributed by atoms with Gasteiger partial charge in [0.1, 0.15) is 5.82 Å². The van der Waals surface area contributed by atoms with Crippen LogP contribution in [0.5, 0.6) is 0 Å². The van der Waals surface area contributed by atoms with E-state index in [1.165, 1.54) is 56.7 Å². The van der Waals surface area contributed by atoms with Crippen LogP contribution >= 0.6 is 0 Å². The molecule has 0 aromatic carbocycles. The fourth-order valence-electron chi connectivity index (χ4n) is 3.60. The van der Waals surface area contributed by atoms with Crippen molar-refractivity contribution in [3.8, 4) is 0 Å². The average Bonchev–Trinajstić information content (AvgIpc) is 3.10. The summed E-state index contributed by atoms with van der Waals surface area (Å²) in [6, 6.07) is 5.60. The van der Waals surface area contributed by atoms with E-state index in [0.29, 0.717) is 12.1 Å². The highest BCUT2D eigenvalue weighted by atomic mass is 15.2. The van der Waals surface area contributed by atoms with E-state index >= 15 is 0 Å². The maximum absolute atomic E-state index is 4.70. The van der Waals surface area contributed by atoms with Gasteiger partial charge in [0, 0.05) is 36.9 Å². The molecule has 0 N–H and O–H groups in total. The monoisotopic (exact) mass is 259 g/mol. The second kappa shape index (κ2) is 5.49. The summed E-state index contributed by atoms with van der Waals surface area (Å²) in [6.07, 6.45) is 7.18. The van der Waals surface area contributed by atoms with Gasteiger partial charge < -0.3 is 4.90 Å². The summed E-state index contributed by atoms with van der Waals surface area (Å²) in [6.45, 7) is 8.21. The number of anilines is 1. The minimum absolute atomic E-state index is 0.573. The van der Waals surface area contributed by atoms with Gasteiger partial charge in [0.15, 0.2) is 0 Å². The molecular formula is C16H25N3. The molecule has 1 atom stereocenters. The highest BCUT2D eigenvalue weighted by molar-refractivity contribution is 5.49. The maximum Gasteiger partial charge on any atom is 0.133 e. The predicted octanol–water partition coefficient (Wildman–Crippen LogP) is 3.23. The molecular weight excluding hydrogens is 234 g/mol. The van der Waals surface area contributed by atoms with E-state index in [1.807, 2.05) is 6.20 Å². The molecule has 1 aromatic heterocycles. The predicted molar refractivity (Wildman–Crippen MR) is 79.5 cm³/mol. The summed E-state index contributed by atoms with van der Waals surface area (Å²) >= 11 is 0. The zero-order valence-corrected chi connectivity index (χ0v) is 12.2.